The minimum Gasteiger partial charge on any atom is -0.840 e. The van der Waals surface area contributed by atoms with Crippen molar-refractivity contribution in [3.8, 4) is 0 Å². The number of benzene rings is 1. The first-order valence-electron chi connectivity index (χ1n) is 18.4. The number of aliphatic hydroxyl groups is 3. The molecular weight excluding hydrogens is 626 g/mol. The Balaban J connectivity index is 1.74. The minimum atomic E-state index is -1.36. The summed E-state index contributed by atoms with van der Waals surface area (Å²) in [5.74, 6) is 0.443. The first-order chi connectivity index (χ1) is 23.0. The van der Waals surface area contributed by atoms with Gasteiger partial charge in [0.15, 0.2) is 6.04 Å². The molecule has 11 atom stereocenters. The first-order valence-corrected chi connectivity index (χ1v) is 18.4. The molecule has 2 amide bonds. The van der Waals surface area contributed by atoms with Gasteiger partial charge in [-0.15, -0.1) is 0 Å². The lowest BCUT2D eigenvalue weighted by Gasteiger charge is -2.49. The van der Waals surface area contributed by atoms with Crippen molar-refractivity contribution in [3.05, 3.63) is 41.1 Å². The minimum absolute atomic E-state index is 0.00473. The number of nitrogens with zero attached hydrogens (tertiary/aromatic N) is 2. The van der Waals surface area contributed by atoms with Gasteiger partial charge in [0.2, 0.25) is 6.04 Å². The van der Waals surface area contributed by atoms with Crippen molar-refractivity contribution < 1.29 is 34.4 Å². The second kappa shape index (κ2) is 16.7. The highest BCUT2D eigenvalue weighted by Crippen LogP contribution is 2.48. The summed E-state index contributed by atoms with van der Waals surface area (Å²) in [7, 11) is 0. The Bertz CT molecular complexity index is 1190. The van der Waals surface area contributed by atoms with Crippen molar-refractivity contribution >= 4 is 6.03 Å². The number of hydroxylamine groups is 3. The third kappa shape index (κ3) is 10.2. The standard InChI is InChI=1S/C36H65N7O6/c1-23(2)15-27-34(47)39-19-29-31(44)18-26(17-25-11-9-8-10-12-25)43(29,49)22-30-28(16-24(3)4)42(30,35(48)41-36(5,6)7)14-13-37-20-32(45)38-21-33(46)40-27/h8-12,23-24,26-34,37-40,44-46H,13-22H2,1-7H3,(H,41,48)/t26-,27-,28-,29?,30?,31?,32?,33?,34?,42+,43?/m0/s1. The van der Waals surface area contributed by atoms with Crippen molar-refractivity contribution in [1.82, 2.24) is 26.6 Å². The molecule has 13 nitrogen and oxygen atoms in total. The monoisotopic (exact) mass is 691 g/mol. The number of hydrogen-bond acceptors (Lipinski definition) is 10. The van der Waals surface area contributed by atoms with Crippen LogP contribution in [0.25, 0.3) is 0 Å². The Morgan fingerprint density at radius 3 is 2.27 bits per heavy atom. The lowest BCUT2D eigenvalue weighted by Crippen LogP contribution is -2.65. The SMILES string of the molecule is CC(C)C[C@@H]1NC(O)CNC(O)CNCC[N@+]2(C(=O)NC(C)(C)C)C(C[N+]3([O-])C(CNC1[O-])C(O)C[C@@H]3Cc1ccccc1)[C@@H]2CC(C)C. The van der Waals surface area contributed by atoms with Gasteiger partial charge in [-0.3, -0.25) is 10.6 Å². The smallest absolute Gasteiger partial charge is 0.418 e. The van der Waals surface area contributed by atoms with E-state index in [1.807, 2.05) is 65.0 Å². The molecule has 3 aliphatic heterocycles. The zero-order valence-corrected chi connectivity index (χ0v) is 30.8. The second-order valence-electron chi connectivity index (χ2n) is 16.7. The normalized spacial score (nSPS) is 38.4. The predicted octanol–water partition coefficient (Wildman–Crippen LogP) is 0.277. The zero-order valence-electron chi connectivity index (χ0n) is 30.8. The Morgan fingerprint density at radius 1 is 0.959 bits per heavy atom. The molecule has 0 radical (unpaired) electrons. The van der Waals surface area contributed by atoms with Crippen LogP contribution in [0.2, 0.25) is 0 Å². The summed E-state index contributed by atoms with van der Waals surface area (Å²) in [6, 6.07) is 7.40. The first kappa shape index (κ1) is 40.0. The Labute approximate surface area is 293 Å². The van der Waals surface area contributed by atoms with Crippen LogP contribution in [-0.2, 0) is 6.42 Å². The van der Waals surface area contributed by atoms with Gasteiger partial charge < -0.3 is 46.2 Å². The number of urea groups is 1. The fourth-order valence-corrected chi connectivity index (χ4v) is 8.25. The molecule has 0 spiro atoms. The van der Waals surface area contributed by atoms with E-state index in [9.17, 15) is 25.2 Å². The Kier molecular flexibility index (Phi) is 13.7. The molecule has 3 saturated heterocycles. The average Bonchev–Trinajstić information content (AvgIpc) is 3.51. The molecule has 3 aliphatic rings. The fourth-order valence-electron chi connectivity index (χ4n) is 8.25. The van der Waals surface area contributed by atoms with Crippen LogP contribution in [0.1, 0.15) is 73.3 Å². The fraction of sp³-hybridized carbons (Fsp3) is 0.806. The van der Waals surface area contributed by atoms with E-state index in [2.05, 4.69) is 40.4 Å². The van der Waals surface area contributed by atoms with Crippen molar-refractivity contribution in [2.75, 3.05) is 39.3 Å². The number of aliphatic hydroxyl groups excluding tert-OH is 3. The second-order valence-corrected chi connectivity index (χ2v) is 16.7. The number of nitrogens with one attached hydrogen (secondary N) is 5. The number of carbonyl (C=O) groups excluding carboxylic acids is 1. The van der Waals surface area contributed by atoms with Crippen molar-refractivity contribution in [1.29, 1.82) is 0 Å². The van der Waals surface area contributed by atoms with Crippen molar-refractivity contribution in [3.63, 3.8) is 0 Å². The van der Waals surface area contributed by atoms with Gasteiger partial charge in [-0.25, -0.2) is 9.28 Å². The van der Waals surface area contributed by atoms with Crippen LogP contribution >= 0.6 is 0 Å². The van der Waals surface area contributed by atoms with Gasteiger partial charge in [-0.2, -0.15) is 0 Å². The molecule has 0 bridgehead atoms. The number of hydrogen-bond donors (Lipinski definition) is 8. The van der Waals surface area contributed by atoms with Crippen LogP contribution in [0.3, 0.4) is 0 Å². The molecule has 49 heavy (non-hydrogen) atoms. The molecule has 3 heterocycles. The van der Waals surface area contributed by atoms with Gasteiger partial charge in [-0.05, 0) is 44.6 Å². The largest absolute Gasteiger partial charge is 0.840 e. The summed E-state index contributed by atoms with van der Waals surface area (Å²) in [6.07, 6.45) is -2.35. The summed E-state index contributed by atoms with van der Waals surface area (Å²) in [5, 5.41) is 77.7. The van der Waals surface area contributed by atoms with Crippen molar-refractivity contribution in [2.24, 2.45) is 11.8 Å². The average molecular weight is 692 g/mol. The quantitative estimate of drug-likeness (QED) is 0.117. The third-order valence-electron chi connectivity index (χ3n) is 10.6. The number of fused-ring (bicyclic) bond motifs is 2. The summed E-state index contributed by atoms with van der Waals surface area (Å²) in [4.78, 5) is 14.3. The summed E-state index contributed by atoms with van der Waals surface area (Å²) in [5.41, 5.74) is 0.523. The molecule has 1 aromatic rings. The number of amides is 2. The Hall–Kier alpha value is -1.75. The molecule has 280 valence electrons. The van der Waals surface area contributed by atoms with Gasteiger partial charge in [0, 0.05) is 57.0 Å². The van der Waals surface area contributed by atoms with Gasteiger partial charge in [0.1, 0.15) is 37.7 Å². The van der Waals surface area contributed by atoms with E-state index in [-0.39, 0.29) is 60.6 Å². The molecular formula is C36H65N7O6. The molecule has 0 aliphatic carbocycles. The predicted molar refractivity (Wildman–Crippen MR) is 188 cm³/mol. The van der Waals surface area contributed by atoms with Crippen LogP contribution in [0, 0.1) is 17.0 Å². The summed E-state index contributed by atoms with van der Waals surface area (Å²) < 4.78 is -0.593. The topological polar surface area (TPSA) is 184 Å². The van der Waals surface area contributed by atoms with Crippen LogP contribution < -0.4 is 31.7 Å². The van der Waals surface area contributed by atoms with E-state index in [1.165, 1.54) is 0 Å². The molecule has 8 N–H and O–H groups in total. The maximum Gasteiger partial charge on any atom is 0.418 e. The van der Waals surface area contributed by atoms with Crippen LogP contribution in [0.15, 0.2) is 30.3 Å². The van der Waals surface area contributed by atoms with E-state index in [0.29, 0.717) is 32.4 Å². The van der Waals surface area contributed by atoms with Gasteiger partial charge in [-0.1, -0.05) is 64.3 Å². The van der Waals surface area contributed by atoms with E-state index in [4.69, 9.17) is 0 Å². The number of rotatable bonds is 6. The van der Waals surface area contributed by atoms with E-state index in [0.717, 1.165) is 12.0 Å². The lowest BCUT2D eigenvalue weighted by molar-refractivity contribution is -0.926. The molecule has 0 saturated carbocycles. The third-order valence-corrected chi connectivity index (χ3v) is 10.6. The molecule has 7 unspecified atom stereocenters. The highest BCUT2D eigenvalue weighted by Gasteiger charge is 2.73. The van der Waals surface area contributed by atoms with Crippen LogP contribution in [0.4, 0.5) is 4.79 Å². The molecule has 13 heteroatoms. The molecule has 3 fully saturated rings. The lowest BCUT2D eigenvalue weighted by atomic mass is 10.0. The highest BCUT2D eigenvalue weighted by molar-refractivity contribution is 5.70. The van der Waals surface area contributed by atoms with E-state index < -0.39 is 53.1 Å². The number of β-amino-alcohol motifs (C(OH)–C–C–N with tert-alkyl or cyclic N) is 2. The molecule has 4 rings (SSSR count). The maximum atomic E-state index is 15.6. The van der Waals surface area contributed by atoms with Crippen LogP contribution in [0.5, 0.6) is 0 Å². The molecule has 0 aromatic heterocycles. The Morgan fingerprint density at radius 2 is 1.63 bits per heavy atom. The molecule has 1 aromatic carbocycles. The summed E-state index contributed by atoms with van der Waals surface area (Å²) >= 11 is 0. The summed E-state index contributed by atoms with van der Waals surface area (Å²) in [6.45, 7) is 15.3. The zero-order chi connectivity index (χ0) is 36.1. The highest BCUT2D eigenvalue weighted by atomic mass is 16.6. The van der Waals surface area contributed by atoms with Gasteiger partial charge in [0.25, 0.3) is 0 Å². The van der Waals surface area contributed by atoms with Gasteiger partial charge in [0.05, 0.1) is 6.04 Å². The number of quaternary nitrogens is 2. The maximum absolute atomic E-state index is 15.6. The van der Waals surface area contributed by atoms with E-state index >= 15 is 5.21 Å². The van der Waals surface area contributed by atoms with Crippen LogP contribution in [-0.4, -0.2) is 130 Å². The van der Waals surface area contributed by atoms with Gasteiger partial charge >= 0.3 is 6.03 Å². The number of carbonyl (C=O) groups is 1. The van der Waals surface area contributed by atoms with Crippen molar-refractivity contribution in [2.45, 2.75) is 135 Å². The van der Waals surface area contributed by atoms with E-state index in [1.54, 1.807) is 0 Å².